The lowest BCUT2D eigenvalue weighted by Crippen LogP contribution is -2.55. The molecule has 0 unspecified atom stereocenters. The van der Waals surface area contributed by atoms with Gasteiger partial charge in [0.1, 0.15) is 6.33 Å². The van der Waals surface area contributed by atoms with Gasteiger partial charge in [-0.15, -0.1) is 0 Å². The molecular weight excluding hydrogens is 466 g/mol. The number of hydrogen-bond donors (Lipinski definition) is 3. The fraction of sp³-hybridized carbons (Fsp3) is 0.522. The Labute approximate surface area is 200 Å². The van der Waals surface area contributed by atoms with Gasteiger partial charge >= 0.3 is 6.18 Å². The number of carbonyl (C=O) groups excluding carboxylic acids is 1. The molecule has 1 aliphatic heterocycles. The maximum Gasteiger partial charge on any atom is 0.416 e. The number of primary amides is 1. The Morgan fingerprint density at radius 2 is 1.83 bits per heavy atom. The quantitative estimate of drug-likeness (QED) is 0.458. The number of amides is 1. The molecule has 1 aliphatic carbocycles. The first kappa shape index (κ1) is 25.1. The number of carbonyl (C=O) groups is 1. The topological polar surface area (TPSA) is 113 Å². The van der Waals surface area contributed by atoms with Crippen molar-refractivity contribution in [2.24, 2.45) is 11.5 Å². The van der Waals surface area contributed by atoms with Crippen LogP contribution in [0.1, 0.15) is 36.8 Å². The number of benzene rings is 1. The fourth-order valence-electron chi connectivity index (χ4n) is 4.26. The smallest absolute Gasteiger partial charge is 0.369 e. The highest BCUT2D eigenvalue weighted by Crippen LogP contribution is 2.35. The molecule has 190 valence electrons. The Balaban J connectivity index is 1.43. The molecule has 0 radical (unpaired) electrons. The van der Waals surface area contributed by atoms with E-state index < -0.39 is 23.1 Å². The molecule has 2 heterocycles. The predicted molar refractivity (Wildman–Crippen MR) is 123 cm³/mol. The van der Waals surface area contributed by atoms with Crippen LogP contribution in [0.15, 0.2) is 30.6 Å². The zero-order chi connectivity index (χ0) is 25.2. The van der Waals surface area contributed by atoms with E-state index in [9.17, 15) is 18.0 Å². The summed E-state index contributed by atoms with van der Waals surface area (Å²) in [5, 5.41) is 3.01. The van der Waals surface area contributed by atoms with Crippen molar-refractivity contribution in [2.75, 3.05) is 36.4 Å². The third kappa shape index (κ3) is 6.37. The van der Waals surface area contributed by atoms with E-state index in [0.717, 1.165) is 25.0 Å². The summed E-state index contributed by atoms with van der Waals surface area (Å²) < 4.78 is 54.1. The van der Waals surface area contributed by atoms with Gasteiger partial charge in [0.05, 0.1) is 12.1 Å². The molecule has 12 heteroatoms. The van der Waals surface area contributed by atoms with Crippen LogP contribution in [0.2, 0.25) is 0 Å². The molecule has 5 N–H and O–H groups in total. The number of nitrogens with two attached hydrogens (primary N) is 2. The zero-order valence-electron chi connectivity index (χ0n) is 19.2. The molecule has 4 rings (SSSR count). The second-order valence-corrected chi connectivity index (χ2v) is 9.37. The van der Waals surface area contributed by atoms with Crippen molar-refractivity contribution in [2.45, 2.75) is 50.0 Å². The Kier molecular flexibility index (Phi) is 7.13. The van der Waals surface area contributed by atoms with Crippen molar-refractivity contribution < 1.29 is 22.4 Å². The van der Waals surface area contributed by atoms with E-state index in [1.165, 1.54) is 18.5 Å². The summed E-state index contributed by atoms with van der Waals surface area (Å²) in [4.78, 5) is 23.0. The van der Waals surface area contributed by atoms with E-state index in [1.807, 2.05) is 4.90 Å². The first-order chi connectivity index (χ1) is 16.5. The first-order valence-corrected chi connectivity index (χ1v) is 11.5. The molecule has 2 fully saturated rings. The summed E-state index contributed by atoms with van der Waals surface area (Å²) in [7, 11) is 0. The van der Waals surface area contributed by atoms with E-state index in [1.54, 1.807) is 4.90 Å². The van der Waals surface area contributed by atoms with Crippen LogP contribution in [0.25, 0.3) is 0 Å². The average molecular weight is 496 g/mol. The van der Waals surface area contributed by atoms with E-state index in [0.29, 0.717) is 31.5 Å². The number of halogens is 4. The highest BCUT2D eigenvalue weighted by Gasteiger charge is 2.35. The maximum atomic E-state index is 15.4. The lowest BCUT2D eigenvalue weighted by molar-refractivity contribution is -0.137. The molecule has 35 heavy (non-hydrogen) atoms. The molecule has 2 aromatic rings. The van der Waals surface area contributed by atoms with Crippen molar-refractivity contribution in [3.05, 3.63) is 47.5 Å². The third-order valence-corrected chi connectivity index (χ3v) is 6.50. The van der Waals surface area contributed by atoms with E-state index in [-0.39, 0.29) is 43.2 Å². The number of piperidine rings is 1. The van der Waals surface area contributed by atoms with Crippen molar-refractivity contribution in [3.8, 4) is 0 Å². The molecule has 0 spiro atoms. The van der Waals surface area contributed by atoms with Crippen LogP contribution in [-0.4, -0.2) is 58.5 Å². The highest BCUT2D eigenvalue weighted by molar-refractivity contribution is 5.75. The minimum atomic E-state index is -4.41. The van der Waals surface area contributed by atoms with E-state index in [2.05, 4.69) is 15.3 Å². The minimum Gasteiger partial charge on any atom is -0.369 e. The standard InChI is InChI=1S/C23H29F4N7O/c24-19-20(30-13-22(29)7-9-33(10-8-22)12-18(28)35)31-14-32-21(19)34(17-5-6-17)11-15-1-3-16(4-2-15)23(25,26)27/h1-4,14,17H,5-13,29H2,(H2,28,35)(H,30,31,32). The Morgan fingerprint density at radius 1 is 1.17 bits per heavy atom. The van der Waals surface area contributed by atoms with Gasteiger partial charge in [-0.1, -0.05) is 12.1 Å². The number of hydrogen-bond acceptors (Lipinski definition) is 7. The summed E-state index contributed by atoms with van der Waals surface area (Å²) in [6.45, 7) is 1.92. The number of alkyl halides is 3. The van der Waals surface area contributed by atoms with Gasteiger partial charge in [-0.3, -0.25) is 9.69 Å². The molecule has 1 amide bonds. The molecule has 1 aromatic heterocycles. The monoisotopic (exact) mass is 495 g/mol. The number of likely N-dealkylation sites (tertiary alicyclic amines) is 1. The number of anilines is 2. The van der Waals surface area contributed by atoms with Crippen LogP contribution in [0.3, 0.4) is 0 Å². The van der Waals surface area contributed by atoms with Crippen LogP contribution in [0.5, 0.6) is 0 Å². The molecule has 8 nitrogen and oxygen atoms in total. The van der Waals surface area contributed by atoms with Gasteiger partial charge in [0, 0.05) is 37.8 Å². The van der Waals surface area contributed by atoms with Crippen molar-refractivity contribution in [3.63, 3.8) is 0 Å². The van der Waals surface area contributed by atoms with Gasteiger partial charge in [0.25, 0.3) is 0 Å². The normalized spacial score (nSPS) is 18.3. The minimum absolute atomic E-state index is 0.0254. The zero-order valence-corrected chi connectivity index (χ0v) is 19.2. The van der Waals surface area contributed by atoms with Crippen molar-refractivity contribution in [1.29, 1.82) is 0 Å². The van der Waals surface area contributed by atoms with E-state index in [4.69, 9.17) is 11.5 Å². The molecule has 0 atom stereocenters. The second-order valence-electron chi connectivity index (χ2n) is 9.37. The SMILES string of the molecule is NC(=O)CN1CCC(N)(CNc2ncnc(N(Cc3ccc(C(F)(F)F)cc3)C3CC3)c2F)CC1. The Bertz CT molecular complexity index is 1040. The largest absolute Gasteiger partial charge is 0.416 e. The van der Waals surface area contributed by atoms with Gasteiger partial charge in [-0.25, -0.2) is 9.97 Å². The van der Waals surface area contributed by atoms with E-state index >= 15 is 4.39 Å². The second kappa shape index (κ2) is 9.94. The molecule has 0 bridgehead atoms. The first-order valence-electron chi connectivity index (χ1n) is 11.5. The van der Waals surface area contributed by atoms with Gasteiger partial charge in [-0.05, 0) is 43.4 Å². The summed E-state index contributed by atoms with van der Waals surface area (Å²) >= 11 is 0. The van der Waals surface area contributed by atoms with Crippen LogP contribution in [0, 0.1) is 5.82 Å². The summed E-state index contributed by atoms with van der Waals surface area (Å²) in [6.07, 6.45) is -0.237. The fourth-order valence-corrected chi connectivity index (χ4v) is 4.26. The number of nitrogens with zero attached hydrogens (tertiary/aromatic N) is 4. The van der Waals surface area contributed by atoms with Crippen LogP contribution in [-0.2, 0) is 17.5 Å². The molecule has 1 aromatic carbocycles. The molecule has 1 saturated heterocycles. The summed E-state index contributed by atoms with van der Waals surface area (Å²) in [6, 6.07) is 4.92. The van der Waals surface area contributed by atoms with Gasteiger partial charge in [-0.2, -0.15) is 17.6 Å². The maximum absolute atomic E-state index is 15.4. The van der Waals surface area contributed by atoms with Crippen molar-refractivity contribution >= 4 is 17.5 Å². The van der Waals surface area contributed by atoms with Crippen LogP contribution in [0.4, 0.5) is 29.2 Å². The summed E-state index contributed by atoms with van der Waals surface area (Å²) in [5.41, 5.74) is 11.0. The lowest BCUT2D eigenvalue weighted by Gasteiger charge is -2.39. The number of aromatic nitrogens is 2. The van der Waals surface area contributed by atoms with Gasteiger partial charge in [0.2, 0.25) is 11.7 Å². The number of nitrogens with one attached hydrogen (secondary N) is 1. The van der Waals surface area contributed by atoms with Gasteiger partial charge in [0.15, 0.2) is 11.6 Å². The van der Waals surface area contributed by atoms with Crippen LogP contribution < -0.4 is 21.7 Å². The van der Waals surface area contributed by atoms with Gasteiger partial charge < -0.3 is 21.7 Å². The molecular formula is C23H29F4N7O. The summed E-state index contributed by atoms with van der Waals surface area (Å²) in [5.74, 6) is -0.884. The Hall–Kier alpha value is -2.99. The highest BCUT2D eigenvalue weighted by atomic mass is 19.4. The third-order valence-electron chi connectivity index (χ3n) is 6.50. The van der Waals surface area contributed by atoms with Crippen molar-refractivity contribution in [1.82, 2.24) is 14.9 Å². The lowest BCUT2D eigenvalue weighted by atomic mass is 9.88. The van der Waals surface area contributed by atoms with Crippen LogP contribution >= 0.6 is 0 Å². The molecule has 1 saturated carbocycles. The Morgan fingerprint density at radius 3 is 2.40 bits per heavy atom. The number of rotatable bonds is 9. The molecule has 2 aliphatic rings. The average Bonchev–Trinajstić information content (AvgIpc) is 3.64. The predicted octanol–water partition coefficient (Wildman–Crippen LogP) is 2.49.